The fourth-order valence-electron chi connectivity index (χ4n) is 2.88. The third-order valence-corrected chi connectivity index (χ3v) is 3.77. The summed E-state index contributed by atoms with van der Waals surface area (Å²) in [6.07, 6.45) is -1.82. The van der Waals surface area contributed by atoms with Crippen molar-refractivity contribution in [3.05, 3.63) is 0 Å². The van der Waals surface area contributed by atoms with Crippen molar-refractivity contribution >= 4 is 23.9 Å². The number of nitrogens with zero attached hydrogens (tertiary/aromatic N) is 1. The van der Waals surface area contributed by atoms with Gasteiger partial charge in [0.05, 0.1) is 6.10 Å². The first-order valence-electron chi connectivity index (χ1n) is 5.98. The van der Waals surface area contributed by atoms with Crippen LogP contribution in [0, 0.1) is 0 Å². The summed E-state index contributed by atoms with van der Waals surface area (Å²) in [6.45, 7) is -2.92. The molecule has 1 fully saturated rings. The Morgan fingerprint density at radius 3 is 1.38 bits per heavy atom. The van der Waals surface area contributed by atoms with Gasteiger partial charge in [0.25, 0.3) is 0 Å². The molecule has 1 rings (SSSR count). The lowest BCUT2D eigenvalue weighted by Crippen LogP contribution is -2.77. The Balaban J connectivity index is 3.37. The molecule has 0 aromatic rings. The average molecular weight is 306 g/mol. The van der Waals surface area contributed by atoms with Gasteiger partial charge in [-0.25, -0.2) is 19.2 Å². The van der Waals surface area contributed by atoms with Crippen LogP contribution in [0.1, 0.15) is 12.8 Å². The highest BCUT2D eigenvalue weighted by Gasteiger charge is 2.66. The van der Waals surface area contributed by atoms with Crippen molar-refractivity contribution in [2.45, 2.75) is 24.5 Å². The van der Waals surface area contributed by atoms with Crippen LogP contribution < -0.4 is 0 Å². The van der Waals surface area contributed by atoms with Gasteiger partial charge in [0, 0.05) is 12.8 Å². The molecule has 1 aliphatic carbocycles. The molecule has 0 saturated heterocycles. The molecule has 5 N–H and O–H groups in total. The molecule has 0 amide bonds. The molecular formula is C11H16NO9+. The van der Waals surface area contributed by atoms with E-state index in [1.165, 1.54) is 0 Å². The zero-order chi connectivity index (χ0) is 16.4. The molecular weight excluding hydrogens is 290 g/mol. The van der Waals surface area contributed by atoms with Gasteiger partial charge >= 0.3 is 23.9 Å². The summed E-state index contributed by atoms with van der Waals surface area (Å²) in [7, 11) is 0. The topological polar surface area (TPSA) is 169 Å². The van der Waals surface area contributed by atoms with Gasteiger partial charge in [-0.3, -0.25) is 4.48 Å². The number of hydrogen-bond acceptors (Lipinski definition) is 5. The predicted molar refractivity (Wildman–Crippen MR) is 63.4 cm³/mol. The number of aliphatic hydroxyl groups excluding tert-OH is 1. The van der Waals surface area contributed by atoms with Gasteiger partial charge in [-0.05, 0) is 0 Å². The second-order valence-electron chi connectivity index (χ2n) is 5.20. The standard InChI is InChI=1S/C11H15NO9/c13-6-1-11(2-6,10(20)21)12(3-7(14)15,4-8(16)17)5-9(18)19/h6,13H,1-5H2,(H3-,14,15,16,17,18,19,20,21)/p+1. The molecule has 0 radical (unpaired) electrons. The van der Waals surface area contributed by atoms with Crippen LogP contribution in [0.2, 0.25) is 0 Å². The van der Waals surface area contributed by atoms with Crippen LogP contribution in [0.3, 0.4) is 0 Å². The van der Waals surface area contributed by atoms with Gasteiger partial charge in [-0.1, -0.05) is 0 Å². The van der Waals surface area contributed by atoms with Crippen LogP contribution in [-0.4, -0.2) is 85.2 Å². The number of carbonyl (C=O) groups is 4. The Morgan fingerprint density at radius 1 is 0.857 bits per heavy atom. The third kappa shape index (κ3) is 3.11. The van der Waals surface area contributed by atoms with Crippen LogP contribution in [0.25, 0.3) is 0 Å². The van der Waals surface area contributed by atoms with E-state index in [0.29, 0.717) is 0 Å². The van der Waals surface area contributed by atoms with E-state index in [4.69, 9.17) is 15.3 Å². The first-order chi connectivity index (χ1) is 9.54. The lowest BCUT2D eigenvalue weighted by Gasteiger charge is -2.54. The molecule has 0 aliphatic heterocycles. The summed E-state index contributed by atoms with van der Waals surface area (Å²) in [4.78, 5) is 44.6. The van der Waals surface area contributed by atoms with E-state index in [-0.39, 0.29) is 0 Å². The molecule has 10 heteroatoms. The monoisotopic (exact) mass is 306 g/mol. The molecule has 21 heavy (non-hydrogen) atoms. The summed E-state index contributed by atoms with van der Waals surface area (Å²) in [6, 6.07) is 0. The van der Waals surface area contributed by atoms with Crippen molar-refractivity contribution in [1.29, 1.82) is 0 Å². The second kappa shape index (κ2) is 5.66. The number of aliphatic hydroxyl groups is 1. The smallest absolute Gasteiger partial charge is 0.365 e. The van der Waals surface area contributed by atoms with Crippen molar-refractivity contribution in [2.75, 3.05) is 19.6 Å². The van der Waals surface area contributed by atoms with Crippen LogP contribution in [0.4, 0.5) is 0 Å². The minimum Gasteiger partial charge on any atom is -0.477 e. The van der Waals surface area contributed by atoms with E-state index in [9.17, 15) is 29.4 Å². The zero-order valence-electron chi connectivity index (χ0n) is 10.9. The molecule has 0 atom stereocenters. The molecule has 0 bridgehead atoms. The Morgan fingerprint density at radius 2 is 1.19 bits per heavy atom. The summed E-state index contributed by atoms with van der Waals surface area (Å²) >= 11 is 0. The van der Waals surface area contributed by atoms with E-state index < -0.39 is 72.5 Å². The number of carboxylic acid groups (broad SMARTS) is 4. The summed E-state index contributed by atoms with van der Waals surface area (Å²) in [5.74, 6) is -6.06. The molecule has 1 saturated carbocycles. The van der Waals surface area contributed by atoms with Crippen LogP contribution in [0.15, 0.2) is 0 Å². The van der Waals surface area contributed by atoms with Crippen molar-refractivity contribution in [3.8, 4) is 0 Å². The maximum absolute atomic E-state index is 11.5. The Bertz CT molecular complexity index is 439. The maximum atomic E-state index is 11.5. The zero-order valence-corrected chi connectivity index (χ0v) is 10.9. The lowest BCUT2D eigenvalue weighted by molar-refractivity contribution is -0.955. The van der Waals surface area contributed by atoms with Crippen molar-refractivity contribution in [1.82, 2.24) is 0 Å². The largest absolute Gasteiger partial charge is 0.477 e. The SMILES string of the molecule is O=C(O)C[N+](CC(=O)O)(CC(=O)O)C1(C(=O)O)CC(O)C1. The van der Waals surface area contributed by atoms with Crippen molar-refractivity contribution in [3.63, 3.8) is 0 Å². The van der Waals surface area contributed by atoms with E-state index in [0.717, 1.165) is 0 Å². The van der Waals surface area contributed by atoms with Gasteiger partial charge in [-0.15, -0.1) is 0 Å². The molecule has 0 heterocycles. The quantitative estimate of drug-likeness (QED) is 0.319. The summed E-state index contributed by atoms with van der Waals surface area (Å²) in [5, 5.41) is 45.6. The molecule has 0 spiro atoms. The van der Waals surface area contributed by atoms with E-state index in [2.05, 4.69) is 0 Å². The number of rotatable bonds is 8. The normalized spacial score (nSPS) is 24.9. The van der Waals surface area contributed by atoms with E-state index in [1.807, 2.05) is 0 Å². The Kier molecular flexibility index (Phi) is 4.54. The van der Waals surface area contributed by atoms with Crippen LogP contribution in [0.5, 0.6) is 0 Å². The molecule has 118 valence electrons. The molecule has 0 unspecified atom stereocenters. The minimum atomic E-state index is -1.94. The minimum absolute atomic E-state index is 0.393. The highest BCUT2D eigenvalue weighted by atomic mass is 16.4. The van der Waals surface area contributed by atoms with Crippen molar-refractivity contribution < 1.29 is 49.2 Å². The average Bonchev–Trinajstić information content (AvgIpc) is 2.20. The maximum Gasteiger partial charge on any atom is 0.365 e. The molecule has 1 aliphatic rings. The third-order valence-electron chi connectivity index (χ3n) is 3.77. The number of quaternary nitrogens is 1. The predicted octanol–water partition coefficient (Wildman–Crippen LogP) is -1.96. The molecule has 10 nitrogen and oxygen atoms in total. The fourth-order valence-corrected chi connectivity index (χ4v) is 2.88. The lowest BCUT2D eigenvalue weighted by atomic mass is 9.70. The molecule has 0 aromatic carbocycles. The van der Waals surface area contributed by atoms with Gasteiger partial charge in [0.15, 0.2) is 19.6 Å². The summed E-state index contributed by atoms with van der Waals surface area (Å²) in [5.41, 5.74) is -1.94. The van der Waals surface area contributed by atoms with Gasteiger partial charge in [-0.2, -0.15) is 0 Å². The van der Waals surface area contributed by atoms with Crippen molar-refractivity contribution in [2.24, 2.45) is 0 Å². The number of aliphatic carboxylic acids is 4. The van der Waals surface area contributed by atoms with Crippen LogP contribution >= 0.6 is 0 Å². The fraction of sp³-hybridized carbons (Fsp3) is 0.636. The second-order valence-corrected chi connectivity index (χ2v) is 5.20. The first kappa shape index (κ1) is 16.9. The highest BCUT2D eigenvalue weighted by Crippen LogP contribution is 2.43. The number of hydrogen-bond donors (Lipinski definition) is 5. The Hall–Kier alpha value is -2.20. The highest BCUT2D eigenvalue weighted by molar-refractivity contribution is 5.81. The Labute approximate surface area is 118 Å². The van der Waals surface area contributed by atoms with Gasteiger partial charge < -0.3 is 25.5 Å². The van der Waals surface area contributed by atoms with Gasteiger partial charge in [0.1, 0.15) is 0 Å². The summed E-state index contributed by atoms with van der Waals surface area (Å²) < 4.78 is -1.18. The van der Waals surface area contributed by atoms with E-state index >= 15 is 0 Å². The van der Waals surface area contributed by atoms with Crippen LogP contribution in [-0.2, 0) is 19.2 Å². The number of carboxylic acids is 4. The molecule has 0 aromatic heterocycles. The van der Waals surface area contributed by atoms with E-state index in [1.54, 1.807) is 0 Å². The van der Waals surface area contributed by atoms with Gasteiger partial charge in [0.2, 0.25) is 5.54 Å². The first-order valence-corrected chi connectivity index (χ1v) is 5.98.